The van der Waals surface area contributed by atoms with Gasteiger partial charge in [0.1, 0.15) is 11.1 Å². The number of aliphatic carboxylic acids is 1. The van der Waals surface area contributed by atoms with E-state index in [9.17, 15) is 19.1 Å². The third kappa shape index (κ3) is 9.98. The molecule has 1 amide bonds. The number of ether oxygens (including phenoxy) is 1. The van der Waals surface area contributed by atoms with Crippen LogP contribution in [-0.4, -0.2) is 59.0 Å². The van der Waals surface area contributed by atoms with Gasteiger partial charge >= 0.3 is 12.1 Å². The van der Waals surface area contributed by atoms with Gasteiger partial charge in [-0.15, -0.1) is 0 Å². The maximum atomic E-state index is 13.3. The van der Waals surface area contributed by atoms with Gasteiger partial charge in [-0.2, -0.15) is 0 Å². The first-order valence-corrected chi connectivity index (χ1v) is 11.6. The number of benzene rings is 1. The van der Waals surface area contributed by atoms with Gasteiger partial charge in [0, 0.05) is 19.0 Å². The molecule has 0 aliphatic rings. The lowest BCUT2D eigenvalue weighted by atomic mass is 9.89. The zero-order valence-corrected chi connectivity index (χ0v) is 20.3. The van der Waals surface area contributed by atoms with Gasteiger partial charge in [0.2, 0.25) is 0 Å². The summed E-state index contributed by atoms with van der Waals surface area (Å²) in [7, 11) is 0. The average molecular weight is 453 g/mol. The van der Waals surface area contributed by atoms with Crippen LogP contribution in [0.15, 0.2) is 30.3 Å². The number of hydrogen-bond acceptors (Lipinski definition) is 4. The fourth-order valence-electron chi connectivity index (χ4n) is 3.67. The Morgan fingerprint density at radius 3 is 2.31 bits per heavy atom. The Bertz CT molecular complexity index is 693. The van der Waals surface area contributed by atoms with Crippen molar-refractivity contribution in [1.29, 1.82) is 0 Å². The number of carbonyl (C=O) groups excluding carboxylic acids is 1. The van der Waals surface area contributed by atoms with Gasteiger partial charge in [0.15, 0.2) is 0 Å². The lowest BCUT2D eigenvalue weighted by Crippen LogP contribution is -2.58. The Hall–Kier alpha value is -2.15. The maximum Gasteiger partial charge on any atom is 0.407 e. The summed E-state index contributed by atoms with van der Waals surface area (Å²) >= 11 is 0. The monoisotopic (exact) mass is 452 g/mol. The Morgan fingerprint density at radius 1 is 1.12 bits per heavy atom. The molecule has 2 atom stereocenters. The van der Waals surface area contributed by atoms with Gasteiger partial charge in [-0.25, -0.2) is 4.79 Å². The molecule has 0 heterocycles. The number of hydrogen-bond donors (Lipinski definition) is 2. The molecule has 0 aromatic heterocycles. The molecule has 2 unspecified atom stereocenters. The van der Waals surface area contributed by atoms with E-state index < -0.39 is 35.9 Å². The van der Waals surface area contributed by atoms with Crippen molar-refractivity contribution >= 4 is 12.1 Å². The van der Waals surface area contributed by atoms with Gasteiger partial charge in [-0.05, 0) is 52.6 Å². The fourth-order valence-corrected chi connectivity index (χ4v) is 3.67. The van der Waals surface area contributed by atoms with Gasteiger partial charge in [-0.1, -0.05) is 56.5 Å². The van der Waals surface area contributed by atoms with E-state index in [-0.39, 0.29) is 13.0 Å². The predicted molar refractivity (Wildman–Crippen MR) is 126 cm³/mol. The molecule has 6 nitrogen and oxygen atoms in total. The highest BCUT2D eigenvalue weighted by molar-refractivity contribution is 5.78. The SMILES string of the molecule is CCCCCCN(CC(CCF)NC(=O)OC(C)(C)C)C(C)(Cc1ccccc1)C(=O)O. The van der Waals surface area contributed by atoms with Gasteiger partial charge < -0.3 is 15.2 Å². The molecule has 0 radical (unpaired) electrons. The second kappa shape index (κ2) is 13.4. The molecule has 0 bridgehead atoms. The zero-order valence-electron chi connectivity index (χ0n) is 20.3. The number of carbonyl (C=O) groups is 2. The number of halogens is 1. The number of unbranched alkanes of at least 4 members (excludes halogenated alkanes) is 3. The van der Waals surface area contributed by atoms with Gasteiger partial charge in [0.25, 0.3) is 0 Å². The third-order valence-corrected chi connectivity index (χ3v) is 5.45. The standard InChI is InChI=1S/C25H41FN2O4/c1-6-7-8-12-17-28(19-21(15-16-26)27-23(31)32-24(2,3)4)25(5,22(29)30)18-20-13-10-9-11-14-20/h9-11,13-14,21H,6-8,12,15-19H2,1-5H3,(H,27,31)(H,29,30). The number of carboxylic acid groups (broad SMARTS) is 1. The summed E-state index contributed by atoms with van der Waals surface area (Å²) < 4.78 is 18.6. The highest BCUT2D eigenvalue weighted by Gasteiger charge is 2.40. The topological polar surface area (TPSA) is 78.9 Å². The quantitative estimate of drug-likeness (QED) is 0.379. The third-order valence-electron chi connectivity index (χ3n) is 5.45. The molecule has 0 aliphatic carbocycles. The van der Waals surface area contributed by atoms with Crippen LogP contribution in [0.4, 0.5) is 9.18 Å². The molecule has 1 aromatic rings. The van der Waals surface area contributed by atoms with Crippen molar-refractivity contribution in [3.05, 3.63) is 35.9 Å². The van der Waals surface area contributed by atoms with E-state index in [0.717, 1.165) is 31.2 Å². The highest BCUT2D eigenvalue weighted by Crippen LogP contribution is 2.24. The van der Waals surface area contributed by atoms with Crippen LogP contribution in [0.3, 0.4) is 0 Å². The predicted octanol–water partition coefficient (Wildman–Crippen LogP) is 5.21. The number of nitrogens with one attached hydrogen (secondary N) is 1. The van der Waals surface area contributed by atoms with Crippen molar-refractivity contribution in [2.45, 2.75) is 90.3 Å². The number of amides is 1. The van der Waals surface area contributed by atoms with Crippen LogP contribution in [-0.2, 0) is 16.0 Å². The van der Waals surface area contributed by atoms with Crippen LogP contribution >= 0.6 is 0 Å². The number of alkyl carbamates (subject to hydrolysis) is 1. The molecule has 1 aromatic carbocycles. The van der Waals surface area contributed by atoms with Crippen molar-refractivity contribution in [2.24, 2.45) is 0 Å². The minimum absolute atomic E-state index is 0.0890. The first-order chi connectivity index (χ1) is 15.0. The summed E-state index contributed by atoms with van der Waals surface area (Å²) in [5.74, 6) is -0.937. The van der Waals surface area contributed by atoms with Crippen LogP contribution in [0.1, 0.15) is 72.3 Å². The molecular formula is C25H41FN2O4. The van der Waals surface area contributed by atoms with Crippen molar-refractivity contribution in [3.8, 4) is 0 Å². The smallest absolute Gasteiger partial charge is 0.407 e. The Morgan fingerprint density at radius 2 is 1.78 bits per heavy atom. The normalized spacial score (nSPS) is 14.6. The number of carboxylic acids is 1. The summed E-state index contributed by atoms with van der Waals surface area (Å²) in [4.78, 5) is 26.7. The summed E-state index contributed by atoms with van der Waals surface area (Å²) in [6.07, 6.45) is 3.74. The number of rotatable bonds is 14. The molecule has 2 N–H and O–H groups in total. The van der Waals surface area contributed by atoms with E-state index in [1.165, 1.54) is 0 Å². The molecule has 0 saturated carbocycles. The minimum atomic E-state index is -1.20. The van der Waals surface area contributed by atoms with E-state index in [2.05, 4.69) is 12.2 Å². The Labute approximate surface area is 192 Å². The molecule has 0 fully saturated rings. The zero-order chi connectivity index (χ0) is 24.2. The van der Waals surface area contributed by atoms with Gasteiger partial charge in [-0.3, -0.25) is 14.1 Å². The first-order valence-electron chi connectivity index (χ1n) is 11.6. The maximum absolute atomic E-state index is 13.3. The average Bonchev–Trinajstić information content (AvgIpc) is 2.69. The van der Waals surface area contributed by atoms with E-state index in [4.69, 9.17) is 4.74 Å². The van der Waals surface area contributed by atoms with Crippen LogP contribution in [0.25, 0.3) is 0 Å². The van der Waals surface area contributed by atoms with Crippen molar-refractivity contribution < 1.29 is 23.8 Å². The van der Waals surface area contributed by atoms with Crippen LogP contribution in [0.2, 0.25) is 0 Å². The first kappa shape index (κ1) is 27.9. The van der Waals surface area contributed by atoms with Crippen molar-refractivity contribution in [3.63, 3.8) is 0 Å². The molecule has 0 spiro atoms. The fraction of sp³-hybridized carbons (Fsp3) is 0.680. The highest BCUT2D eigenvalue weighted by atomic mass is 19.1. The number of nitrogens with zero attached hydrogens (tertiary/aromatic N) is 1. The van der Waals surface area contributed by atoms with E-state index in [1.54, 1.807) is 27.7 Å². The molecule has 182 valence electrons. The lowest BCUT2D eigenvalue weighted by molar-refractivity contribution is -0.151. The second-order valence-corrected chi connectivity index (χ2v) is 9.57. The second-order valence-electron chi connectivity index (χ2n) is 9.57. The van der Waals surface area contributed by atoms with E-state index in [0.29, 0.717) is 13.0 Å². The summed E-state index contributed by atoms with van der Waals surface area (Å²) in [5.41, 5.74) is -0.955. The van der Waals surface area contributed by atoms with Crippen molar-refractivity contribution in [2.75, 3.05) is 19.8 Å². The van der Waals surface area contributed by atoms with Crippen LogP contribution < -0.4 is 5.32 Å². The largest absolute Gasteiger partial charge is 0.480 e. The molecule has 0 saturated heterocycles. The lowest BCUT2D eigenvalue weighted by Gasteiger charge is -2.40. The molecule has 7 heteroatoms. The molecule has 1 rings (SSSR count). The van der Waals surface area contributed by atoms with Gasteiger partial charge in [0.05, 0.1) is 6.67 Å². The molecule has 32 heavy (non-hydrogen) atoms. The molecule has 0 aliphatic heterocycles. The van der Waals surface area contributed by atoms with Crippen LogP contribution in [0, 0.1) is 0 Å². The summed E-state index contributed by atoms with van der Waals surface area (Å²) in [6, 6.07) is 8.93. The molecular weight excluding hydrogens is 411 g/mol. The van der Waals surface area contributed by atoms with E-state index >= 15 is 0 Å². The van der Waals surface area contributed by atoms with E-state index in [1.807, 2.05) is 35.2 Å². The van der Waals surface area contributed by atoms with Crippen molar-refractivity contribution in [1.82, 2.24) is 10.2 Å². The van der Waals surface area contributed by atoms with Crippen LogP contribution in [0.5, 0.6) is 0 Å². The Kier molecular flexibility index (Phi) is 11.7. The number of alkyl halides is 1. The summed E-state index contributed by atoms with van der Waals surface area (Å²) in [6.45, 7) is 9.28. The Balaban J connectivity index is 3.10. The minimum Gasteiger partial charge on any atom is -0.480 e. The summed E-state index contributed by atoms with van der Waals surface area (Å²) in [5, 5.41) is 13.0.